The lowest BCUT2D eigenvalue weighted by Crippen LogP contribution is -2.49. The van der Waals surface area contributed by atoms with Crippen LogP contribution in [-0.4, -0.2) is 72.1 Å². The molecule has 2 atom stereocenters. The number of carboxylic acid groups (broad SMARTS) is 2. The maximum Gasteiger partial charge on any atom is 0.326 e. The van der Waals surface area contributed by atoms with E-state index in [0.29, 0.717) is 24.2 Å². The summed E-state index contributed by atoms with van der Waals surface area (Å²) in [4.78, 5) is 45.1. The van der Waals surface area contributed by atoms with Crippen LogP contribution in [0.5, 0.6) is 0 Å². The molecule has 1 aromatic heterocycles. The minimum absolute atomic E-state index is 0.0380. The summed E-state index contributed by atoms with van der Waals surface area (Å²) in [5.41, 5.74) is 14.4. The van der Waals surface area contributed by atoms with Crippen LogP contribution in [-0.2, 0) is 26.0 Å². The quantitative estimate of drug-likeness (QED) is 0.209. The predicted molar refractivity (Wildman–Crippen MR) is 159 cm³/mol. The highest BCUT2D eigenvalue weighted by Gasteiger charge is 2.39. The first-order chi connectivity index (χ1) is 20.3. The summed E-state index contributed by atoms with van der Waals surface area (Å²) in [5, 5.41) is 20.5. The molecule has 1 unspecified atom stereocenters. The molecule has 1 amide bonds. The van der Waals surface area contributed by atoms with Crippen molar-refractivity contribution in [3.63, 3.8) is 0 Å². The predicted octanol–water partition coefficient (Wildman–Crippen LogP) is 1.64. The lowest BCUT2D eigenvalue weighted by molar-refractivity contribution is -0.140. The molecule has 0 bridgehead atoms. The number of fused-ring (bicyclic) bond motifs is 1. The van der Waals surface area contributed by atoms with Gasteiger partial charge < -0.3 is 31.9 Å². The fraction of sp³-hybridized carbons (Fsp3) is 0.321. The van der Waals surface area contributed by atoms with Gasteiger partial charge in [0.15, 0.2) is 5.82 Å². The van der Waals surface area contributed by atoms with E-state index in [0.717, 1.165) is 5.56 Å². The molecule has 15 heteroatoms. The van der Waals surface area contributed by atoms with Crippen LogP contribution in [0.4, 0.5) is 23.1 Å². The smallest absolute Gasteiger partial charge is 0.326 e. The zero-order valence-corrected chi connectivity index (χ0v) is 24.4. The average Bonchev–Trinajstić information content (AvgIpc) is 2.95. The van der Waals surface area contributed by atoms with Crippen molar-refractivity contribution in [1.29, 1.82) is 0 Å². The van der Waals surface area contributed by atoms with Crippen molar-refractivity contribution in [2.75, 3.05) is 34.3 Å². The van der Waals surface area contributed by atoms with Crippen LogP contribution in [0.1, 0.15) is 40.9 Å². The number of nitrogens with one attached hydrogen (secondary N) is 1. The Morgan fingerprint density at radius 1 is 1.07 bits per heavy atom. The normalized spacial score (nSPS) is 15.3. The van der Waals surface area contributed by atoms with Gasteiger partial charge in [-0.3, -0.25) is 13.9 Å². The first kappa shape index (κ1) is 31.0. The molecule has 3 aromatic rings. The lowest BCUT2D eigenvalue weighted by atomic mass is 10.0. The second-order valence-electron chi connectivity index (χ2n) is 10.3. The molecule has 1 aliphatic rings. The van der Waals surface area contributed by atoms with Gasteiger partial charge in [-0.05, 0) is 62.6 Å². The SMILES string of the molecule is Cc1ccc(S(=O)(=O)N2c3c(N)nc(N)nc3CCC2CN(C)c2ccc(C(=O)N[C@@H](CCC(=O)O)C(=O)O)cc2)cc1. The summed E-state index contributed by atoms with van der Waals surface area (Å²) >= 11 is 0. The molecule has 0 aliphatic carbocycles. The molecule has 0 radical (unpaired) electrons. The molecule has 4 rings (SSSR count). The van der Waals surface area contributed by atoms with Crippen LogP contribution in [0, 0.1) is 6.92 Å². The molecule has 0 spiro atoms. The number of hydrogen-bond donors (Lipinski definition) is 5. The molecule has 1 aliphatic heterocycles. The Hall–Kier alpha value is -4.92. The molecule has 0 saturated heterocycles. The largest absolute Gasteiger partial charge is 0.481 e. The number of carboxylic acids is 2. The number of amides is 1. The maximum absolute atomic E-state index is 14.0. The van der Waals surface area contributed by atoms with Crippen LogP contribution in [0.15, 0.2) is 53.4 Å². The molecule has 14 nitrogen and oxygen atoms in total. The minimum Gasteiger partial charge on any atom is -0.481 e. The van der Waals surface area contributed by atoms with Crippen LogP contribution in [0.3, 0.4) is 0 Å². The Morgan fingerprint density at radius 3 is 2.33 bits per heavy atom. The number of nitrogens with zero attached hydrogens (tertiary/aromatic N) is 4. The number of anilines is 4. The first-order valence-electron chi connectivity index (χ1n) is 13.4. The number of benzene rings is 2. The summed E-state index contributed by atoms with van der Waals surface area (Å²) in [6.07, 6.45) is 0.183. The molecular formula is C28H33N7O7S. The van der Waals surface area contributed by atoms with Gasteiger partial charge >= 0.3 is 11.9 Å². The Morgan fingerprint density at radius 2 is 1.72 bits per heavy atom. The van der Waals surface area contributed by atoms with Crippen molar-refractivity contribution in [1.82, 2.24) is 15.3 Å². The number of nitrogen functional groups attached to an aromatic ring is 2. The number of aliphatic carboxylic acids is 2. The van der Waals surface area contributed by atoms with Crippen LogP contribution < -0.4 is 26.0 Å². The lowest BCUT2D eigenvalue weighted by Gasteiger charge is -2.39. The standard InChI is InChI=1S/C28H33N7O7S/c1-16-3-10-20(11-4-16)43(41,42)35-19(9-12-21-24(35)25(29)33-28(30)32-21)15-34(2)18-7-5-17(6-8-18)26(38)31-22(27(39)40)13-14-23(36)37/h3-8,10-11,19,22H,9,12-15H2,1-2H3,(H,31,38)(H,36,37)(H,39,40)(H4,29,30,32,33)/t19?,22-/m0/s1. The third-order valence-electron chi connectivity index (χ3n) is 7.15. The van der Waals surface area contributed by atoms with Crippen molar-refractivity contribution in [3.8, 4) is 0 Å². The van der Waals surface area contributed by atoms with Gasteiger partial charge in [0, 0.05) is 31.3 Å². The number of sulfonamides is 1. The number of hydrogen-bond acceptors (Lipinski definition) is 10. The van der Waals surface area contributed by atoms with E-state index in [1.54, 1.807) is 31.3 Å². The molecule has 2 aromatic carbocycles. The van der Waals surface area contributed by atoms with E-state index >= 15 is 0 Å². The van der Waals surface area contributed by atoms with Crippen LogP contribution in [0.25, 0.3) is 0 Å². The van der Waals surface area contributed by atoms with E-state index in [1.807, 2.05) is 11.8 Å². The third kappa shape index (κ3) is 6.94. The molecule has 2 heterocycles. The van der Waals surface area contributed by atoms with Crippen LogP contribution in [0.2, 0.25) is 0 Å². The van der Waals surface area contributed by atoms with Gasteiger partial charge in [-0.1, -0.05) is 17.7 Å². The highest BCUT2D eigenvalue weighted by atomic mass is 32.2. The van der Waals surface area contributed by atoms with E-state index in [9.17, 15) is 27.9 Å². The number of aryl methyl sites for hydroxylation is 2. The highest BCUT2D eigenvalue weighted by molar-refractivity contribution is 7.92. The van der Waals surface area contributed by atoms with Gasteiger partial charge in [0.2, 0.25) is 5.95 Å². The van der Waals surface area contributed by atoms with Crippen molar-refractivity contribution >= 4 is 51.0 Å². The number of nitrogens with two attached hydrogens (primary N) is 2. The number of carbonyl (C=O) groups excluding carboxylic acids is 1. The van der Waals surface area contributed by atoms with E-state index in [1.165, 1.54) is 28.6 Å². The fourth-order valence-electron chi connectivity index (χ4n) is 4.92. The van der Waals surface area contributed by atoms with Gasteiger partial charge in [0.1, 0.15) is 11.7 Å². The zero-order valence-electron chi connectivity index (χ0n) is 23.6. The molecule has 7 N–H and O–H groups in total. The van der Waals surface area contributed by atoms with Crippen molar-refractivity contribution < 1.29 is 33.0 Å². The number of aromatic nitrogens is 2. The maximum atomic E-state index is 14.0. The monoisotopic (exact) mass is 611 g/mol. The molecule has 0 saturated carbocycles. The Labute approximate surface area is 248 Å². The second kappa shape index (κ2) is 12.5. The van der Waals surface area contributed by atoms with Crippen molar-refractivity contribution in [2.45, 2.75) is 49.6 Å². The average molecular weight is 612 g/mol. The van der Waals surface area contributed by atoms with Gasteiger partial charge in [0.25, 0.3) is 15.9 Å². The summed E-state index contributed by atoms with van der Waals surface area (Å²) in [5.74, 6) is -3.25. The topological polar surface area (TPSA) is 222 Å². The van der Waals surface area contributed by atoms with E-state index in [2.05, 4.69) is 15.3 Å². The molecule has 228 valence electrons. The van der Waals surface area contributed by atoms with E-state index in [-0.39, 0.29) is 40.9 Å². The van der Waals surface area contributed by atoms with Crippen molar-refractivity contribution in [2.24, 2.45) is 0 Å². The second-order valence-corrected chi connectivity index (χ2v) is 12.1. The molecule has 43 heavy (non-hydrogen) atoms. The van der Waals surface area contributed by atoms with Gasteiger partial charge in [-0.2, -0.15) is 4.98 Å². The van der Waals surface area contributed by atoms with Crippen LogP contribution >= 0.6 is 0 Å². The summed E-state index contributed by atoms with van der Waals surface area (Å²) in [6.45, 7) is 2.11. The van der Waals surface area contributed by atoms with Gasteiger partial charge in [-0.25, -0.2) is 18.2 Å². The Bertz CT molecular complexity index is 1630. The Balaban J connectivity index is 1.57. The third-order valence-corrected chi connectivity index (χ3v) is 9.02. The van der Waals surface area contributed by atoms with Gasteiger partial charge in [0.05, 0.1) is 16.6 Å². The number of likely N-dealkylation sites (N-methyl/N-ethyl adjacent to an activating group) is 1. The highest BCUT2D eigenvalue weighted by Crippen LogP contribution is 2.38. The summed E-state index contributed by atoms with van der Waals surface area (Å²) in [6, 6.07) is 10.9. The molecule has 0 fully saturated rings. The minimum atomic E-state index is -4.08. The van der Waals surface area contributed by atoms with Gasteiger partial charge in [-0.15, -0.1) is 0 Å². The summed E-state index contributed by atoms with van der Waals surface area (Å²) < 4.78 is 29.3. The summed E-state index contributed by atoms with van der Waals surface area (Å²) in [7, 11) is -2.31. The van der Waals surface area contributed by atoms with E-state index in [4.69, 9.17) is 16.6 Å². The fourth-order valence-corrected chi connectivity index (χ4v) is 6.63. The molecular weight excluding hydrogens is 578 g/mol. The Kier molecular flexibility index (Phi) is 9.04. The number of rotatable bonds is 11. The number of carbonyl (C=O) groups is 3. The first-order valence-corrected chi connectivity index (χ1v) is 14.8. The zero-order chi connectivity index (χ0) is 31.5. The van der Waals surface area contributed by atoms with E-state index < -0.39 is 46.4 Å². The van der Waals surface area contributed by atoms with Crippen molar-refractivity contribution in [3.05, 3.63) is 65.4 Å².